The minimum absolute atomic E-state index is 0.00624. The molecular weight excluding hydrogens is 397 g/mol. The Morgan fingerprint density at radius 3 is 2.70 bits per heavy atom. The van der Waals surface area contributed by atoms with E-state index in [1.807, 2.05) is 0 Å². The van der Waals surface area contributed by atoms with E-state index in [0.717, 1.165) is 31.0 Å². The zero-order valence-electron chi connectivity index (χ0n) is 16.8. The Kier molecular flexibility index (Phi) is 5.59. The molecule has 4 heterocycles. The second kappa shape index (κ2) is 8.17. The molecule has 1 saturated heterocycles. The molecule has 3 aromatic heterocycles. The summed E-state index contributed by atoms with van der Waals surface area (Å²) >= 11 is 0. The smallest absolute Gasteiger partial charge is 0.357 e. The number of likely N-dealkylation sites (tertiary alicyclic amines) is 1. The maximum absolute atomic E-state index is 13.8. The van der Waals surface area contributed by atoms with Gasteiger partial charge < -0.3 is 9.84 Å². The third-order valence-corrected chi connectivity index (χ3v) is 5.42. The van der Waals surface area contributed by atoms with Crippen LogP contribution in [0.5, 0.6) is 0 Å². The highest BCUT2D eigenvalue weighted by Gasteiger charge is 2.38. The first-order chi connectivity index (χ1) is 14.4. The van der Waals surface area contributed by atoms with Crippen LogP contribution in [-0.4, -0.2) is 45.1 Å². The number of aryl methyl sites for hydroxylation is 1. The standard InChI is InChI=1S/C20H23F3N6O/c1-3-14-7-15(20(21,22)23)16-17(28-30-18(16)27-14)13-5-4-6-29(11-13)10-12-8-25-19(24-2)26-9-12/h7-9,13H,3-6,10-11H2,1-2H3,(H,24,25,26). The van der Waals surface area contributed by atoms with Crippen molar-refractivity contribution in [2.45, 2.75) is 44.8 Å². The number of nitrogens with one attached hydrogen (secondary N) is 1. The number of halogens is 3. The maximum atomic E-state index is 13.8. The van der Waals surface area contributed by atoms with E-state index in [4.69, 9.17) is 4.52 Å². The van der Waals surface area contributed by atoms with E-state index in [1.165, 1.54) is 0 Å². The van der Waals surface area contributed by atoms with Gasteiger partial charge in [-0.05, 0) is 31.9 Å². The molecule has 0 aliphatic carbocycles. The molecule has 1 aliphatic rings. The van der Waals surface area contributed by atoms with Crippen LogP contribution in [0.3, 0.4) is 0 Å². The summed E-state index contributed by atoms with van der Waals surface area (Å²) in [5.74, 6) is 0.385. The third kappa shape index (κ3) is 4.09. The summed E-state index contributed by atoms with van der Waals surface area (Å²) in [5, 5.41) is 6.90. The van der Waals surface area contributed by atoms with Crippen molar-refractivity contribution >= 4 is 17.0 Å². The van der Waals surface area contributed by atoms with Crippen molar-refractivity contribution in [3.63, 3.8) is 0 Å². The lowest BCUT2D eigenvalue weighted by Gasteiger charge is -2.31. The first-order valence-corrected chi connectivity index (χ1v) is 9.96. The van der Waals surface area contributed by atoms with E-state index in [1.54, 1.807) is 26.4 Å². The molecule has 0 amide bonds. The van der Waals surface area contributed by atoms with Gasteiger partial charge in [-0.2, -0.15) is 13.2 Å². The van der Waals surface area contributed by atoms with Crippen LogP contribution in [0.25, 0.3) is 11.1 Å². The van der Waals surface area contributed by atoms with Crippen molar-refractivity contribution in [1.82, 2.24) is 25.0 Å². The van der Waals surface area contributed by atoms with E-state index >= 15 is 0 Å². The van der Waals surface area contributed by atoms with Gasteiger partial charge in [0.05, 0.1) is 16.6 Å². The summed E-state index contributed by atoms with van der Waals surface area (Å²) in [6.45, 7) is 3.82. The van der Waals surface area contributed by atoms with Crippen molar-refractivity contribution in [3.05, 3.63) is 41.0 Å². The Morgan fingerprint density at radius 1 is 1.27 bits per heavy atom. The molecule has 160 valence electrons. The quantitative estimate of drug-likeness (QED) is 0.668. The van der Waals surface area contributed by atoms with Crippen molar-refractivity contribution < 1.29 is 17.7 Å². The van der Waals surface area contributed by atoms with Gasteiger partial charge in [0, 0.05) is 49.7 Å². The van der Waals surface area contributed by atoms with Gasteiger partial charge in [0.1, 0.15) is 0 Å². The minimum Gasteiger partial charge on any atom is -0.357 e. The van der Waals surface area contributed by atoms with Gasteiger partial charge in [-0.3, -0.25) is 4.90 Å². The van der Waals surface area contributed by atoms with Crippen molar-refractivity contribution in [3.8, 4) is 0 Å². The fourth-order valence-corrected chi connectivity index (χ4v) is 3.95. The number of nitrogens with zero attached hydrogens (tertiary/aromatic N) is 5. The highest BCUT2D eigenvalue weighted by Crippen LogP contribution is 2.40. The molecule has 0 aromatic carbocycles. The molecule has 1 N–H and O–H groups in total. The number of fused-ring (bicyclic) bond motifs is 1. The molecule has 7 nitrogen and oxygen atoms in total. The van der Waals surface area contributed by atoms with Crippen LogP contribution >= 0.6 is 0 Å². The zero-order chi connectivity index (χ0) is 21.3. The number of pyridine rings is 1. The Balaban J connectivity index is 1.61. The molecule has 1 atom stereocenters. The molecule has 0 radical (unpaired) electrons. The molecule has 1 fully saturated rings. The van der Waals surface area contributed by atoms with Gasteiger partial charge in [0.15, 0.2) is 0 Å². The SMILES string of the molecule is CCc1cc(C(F)(F)F)c2c(C3CCCN(Cc4cnc(NC)nc4)C3)noc2n1. The predicted molar refractivity (Wildman–Crippen MR) is 105 cm³/mol. The number of hydrogen-bond donors (Lipinski definition) is 1. The zero-order valence-corrected chi connectivity index (χ0v) is 16.8. The molecule has 0 spiro atoms. The molecule has 1 unspecified atom stereocenters. The number of piperidine rings is 1. The van der Waals surface area contributed by atoms with Crippen molar-refractivity contribution in [2.24, 2.45) is 0 Å². The number of rotatable bonds is 5. The lowest BCUT2D eigenvalue weighted by molar-refractivity contribution is -0.136. The van der Waals surface area contributed by atoms with Crippen LogP contribution in [0.2, 0.25) is 0 Å². The fourth-order valence-electron chi connectivity index (χ4n) is 3.95. The first kappa shape index (κ1) is 20.5. The molecule has 10 heteroatoms. The number of anilines is 1. The van der Waals surface area contributed by atoms with Crippen LogP contribution in [0, 0.1) is 0 Å². The normalized spacial score (nSPS) is 18.1. The molecular formula is C20H23F3N6O. The Morgan fingerprint density at radius 2 is 2.03 bits per heavy atom. The van der Waals surface area contributed by atoms with E-state index < -0.39 is 11.7 Å². The summed E-state index contributed by atoms with van der Waals surface area (Å²) in [7, 11) is 1.75. The van der Waals surface area contributed by atoms with Crippen LogP contribution in [-0.2, 0) is 19.1 Å². The monoisotopic (exact) mass is 420 g/mol. The summed E-state index contributed by atoms with van der Waals surface area (Å²) in [5.41, 5.74) is 0.885. The predicted octanol–water partition coefficient (Wildman–Crippen LogP) is 4.02. The second-order valence-corrected chi connectivity index (χ2v) is 7.50. The van der Waals surface area contributed by atoms with Gasteiger partial charge in [-0.15, -0.1) is 0 Å². The molecule has 3 aromatic rings. The molecule has 30 heavy (non-hydrogen) atoms. The summed E-state index contributed by atoms with van der Waals surface area (Å²) in [6, 6.07) is 1.12. The number of alkyl halides is 3. The molecule has 4 rings (SSSR count). The number of aromatic nitrogens is 4. The average Bonchev–Trinajstić information content (AvgIpc) is 3.17. The topological polar surface area (TPSA) is 80.0 Å². The molecule has 1 aliphatic heterocycles. The Bertz CT molecular complexity index is 1020. The van der Waals surface area contributed by atoms with E-state index in [-0.39, 0.29) is 17.0 Å². The number of hydrogen-bond acceptors (Lipinski definition) is 7. The van der Waals surface area contributed by atoms with E-state index in [2.05, 4.69) is 30.3 Å². The summed E-state index contributed by atoms with van der Waals surface area (Å²) in [4.78, 5) is 14.8. The lowest BCUT2D eigenvalue weighted by Crippen LogP contribution is -2.34. The van der Waals surface area contributed by atoms with Crippen molar-refractivity contribution in [1.29, 1.82) is 0 Å². The van der Waals surface area contributed by atoms with Gasteiger partial charge in [0.25, 0.3) is 5.71 Å². The average molecular weight is 420 g/mol. The highest BCUT2D eigenvalue weighted by molar-refractivity contribution is 5.81. The van der Waals surface area contributed by atoms with Crippen LogP contribution in [0.15, 0.2) is 23.0 Å². The van der Waals surface area contributed by atoms with E-state index in [9.17, 15) is 13.2 Å². The fraction of sp³-hybridized carbons (Fsp3) is 0.500. The Labute approximate surface area is 171 Å². The second-order valence-electron chi connectivity index (χ2n) is 7.50. The lowest BCUT2D eigenvalue weighted by atomic mass is 9.91. The maximum Gasteiger partial charge on any atom is 0.417 e. The minimum atomic E-state index is -4.49. The first-order valence-electron chi connectivity index (χ1n) is 9.96. The van der Waals surface area contributed by atoms with Crippen LogP contribution in [0.4, 0.5) is 19.1 Å². The summed E-state index contributed by atoms with van der Waals surface area (Å²) in [6.07, 6.45) is 1.01. The van der Waals surface area contributed by atoms with Crippen LogP contribution in [0.1, 0.15) is 48.2 Å². The van der Waals surface area contributed by atoms with Gasteiger partial charge in [-0.25, -0.2) is 15.0 Å². The van der Waals surface area contributed by atoms with E-state index in [0.29, 0.717) is 36.8 Å². The van der Waals surface area contributed by atoms with Gasteiger partial charge >= 0.3 is 6.18 Å². The largest absolute Gasteiger partial charge is 0.417 e. The summed E-state index contributed by atoms with van der Waals surface area (Å²) < 4.78 is 46.5. The van der Waals surface area contributed by atoms with Crippen molar-refractivity contribution in [2.75, 3.05) is 25.5 Å². The Hall–Kier alpha value is -2.75. The van der Waals surface area contributed by atoms with Gasteiger partial charge in [-0.1, -0.05) is 12.1 Å². The molecule has 0 bridgehead atoms. The third-order valence-electron chi connectivity index (χ3n) is 5.42. The molecule has 0 saturated carbocycles. The van der Waals surface area contributed by atoms with Crippen LogP contribution < -0.4 is 5.32 Å². The van der Waals surface area contributed by atoms with Gasteiger partial charge in [0.2, 0.25) is 5.95 Å². The highest BCUT2D eigenvalue weighted by atomic mass is 19.4.